The van der Waals surface area contributed by atoms with Gasteiger partial charge in [0.25, 0.3) is 5.91 Å². The van der Waals surface area contributed by atoms with Gasteiger partial charge in [0.1, 0.15) is 5.75 Å². The lowest BCUT2D eigenvalue weighted by atomic mass is 10.1. The second-order valence-electron chi connectivity index (χ2n) is 6.82. The predicted molar refractivity (Wildman–Crippen MR) is 123 cm³/mol. The number of anilines is 1. The summed E-state index contributed by atoms with van der Waals surface area (Å²) in [5.74, 6) is 0.224. The van der Waals surface area contributed by atoms with Crippen LogP contribution in [0, 0.1) is 0 Å². The van der Waals surface area contributed by atoms with Crippen LogP contribution in [0.3, 0.4) is 0 Å². The lowest BCUT2D eigenvalue weighted by molar-refractivity contribution is -0.118. The number of hydrogen-bond acceptors (Lipinski definition) is 4. The molecule has 0 aliphatic heterocycles. The monoisotopic (exact) mass is 438 g/mol. The molecule has 0 heterocycles. The number of carbonyl (C=O) groups excluding carboxylic acids is 1. The lowest BCUT2D eigenvalue weighted by Gasteiger charge is -2.19. The van der Waals surface area contributed by atoms with E-state index in [0.717, 1.165) is 11.1 Å². The third kappa shape index (κ3) is 5.51. The van der Waals surface area contributed by atoms with E-state index in [1.807, 2.05) is 54.6 Å². The van der Waals surface area contributed by atoms with Crippen LogP contribution >= 0.6 is 0 Å². The van der Waals surface area contributed by atoms with E-state index in [9.17, 15) is 13.2 Å². The largest absolute Gasteiger partial charge is 0.483 e. The summed E-state index contributed by atoms with van der Waals surface area (Å²) in [4.78, 5) is 12.6. The molecule has 0 aliphatic rings. The van der Waals surface area contributed by atoms with Gasteiger partial charge in [-0.05, 0) is 29.8 Å². The molecule has 0 fully saturated rings. The molecule has 0 saturated heterocycles. The van der Waals surface area contributed by atoms with Gasteiger partial charge in [0.2, 0.25) is 10.0 Å². The van der Waals surface area contributed by atoms with Gasteiger partial charge in [0, 0.05) is 24.3 Å². The number of nitrogens with one attached hydrogen (secondary N) is 1. The van der Waals surface area contributed by atoms with Gasteiger partial charge in [-0.25, -0.2) is 8.42 Å². The maximum absolute atomic E-state index is 12.7. The molecule has 0 aliphatic carbocycles. The molecule has 0 bridgehead atoms. The zero-order valence-corrected chi connectivity index (χ0v) is 18.4. The molecule has 1 amide bonds. The Bertz CT molecular complexity index is 1130. The zero-order chi connectivity index (χ0) is 22.3. The molecular formula is C24H26N2O4S. The van der Waals surface area contributed by atoms with Crippen molar-refractivity contribution in [3.63, 3.8) is 0 Å². The van der Waals surface area contributed by atoms with E-state index in [4.69, 9.17) is 4.74 Å². The maximum Gasteiger partial charge on any atom is 0.262 e. The Hall–Kier alpha value is -3.16. The van der Waals surface area contributed by atoms with Crippen LogP contribution in [0.25, 0.3) is 11.1 Å². The molecule has 3 rings (SSSR count). The highest BCUT2D eigenvalue weighted by atomic mass is 32.2. The van der Waals surface area contributed by atoms with Crippen molar-refractivity contribution < 1.29 is 17.9 Å². The van der Waals surface area contributed by atoms with Crippen molar-refractivity contribution in [2.75, 3.05) is 25.0 Å². The van der Waals surface area contributed by atoms with Crippen molar-refractivity contribution in [2.24, 2.45) is 0 Å². The van der Waals surface area contributed by atoms with Gasteiger partial charge in [0.05, 0.1) is 4.90 Å². The third-order valence-corrected chi connectivity index (χ3v) is 6.84. The fraction of sp³-hybridized carbons (Fsp3) is 0.208. The van der Waals surface area contributed by atoms with Gasteiger partial charge < -0.3 is 10.1 Å². The quantitative estimate of drug-likeness (QED) is 0.537. The van der Waals surface area contributed by atoms with E-state index < -0.39 is 10.0 Å². The van der Waals surface area contributed by atoms with Crippen LogP contribution in [0.15, 0.2) is 83.8 Å². The number of carbonyl (C=O) groups is 1. The van der Waals surface area contributed by atoms with Crippen molar-refractivity contribution in [1.29, 1.82) is 0 Å². The highest BCUT2D eigenvalue weighted by Crippen LogP contribution is 2.29. The summed E-state index contributed by atoms with van der Waals surface area (Å²) in [6, 6.07) is 23.5. The number of ether oxygens (including phenoxy) is 1. The Morgan fingerprint density at radius 3 is 2.29 bits per heavy atom. The lowest BCUT2D eigenvalue weighted by Crippen LogP contribution is -2.30. The first kappa shape index (κ1) is 22.5. The van der Waals surface area contributed by atoms with Crippen LogP contribution in [-0.4, -0.2) is 38.3 Å². The van der Waals surface area contributed by atoms with Gasteiger partial charge in [-0.3, -0.25) is 4.79 Å². The SMILES string of the molecule is CCN(CC)S(=O)(=O)c1cccc(NC(=O)COc2ccccc2-c2ccccc2)c1. The molecule has 0 saturated carbocycles. The first-order valence-electron chi connectivity index (χ1n) is 10.1. The van der Waals surface area contributed by atoms with Crippen LogP contribution in [0.1, 0.15) is 13.8 Å². The zero-order valence-electron chi connectivity index (χ0n) is 17.6. The average Bonchev–Trinajstić information content (AvgIpc) is 2.79. The van der Waals surface area contributed by atoms with Gasteiger partial charge >= 0.3 is 0 Å². The first-order chi connectivity index (χ1) is 15.0. The van der Waals surface area contributed by atoms with Crippen LogP contribution in [0.4, 0.5) is 5.69 Å². The summed E-state index contributed by atoms with van der Waals surface area (Å²) < 4.78 is 32.5. The van der Waals surface area contributed by atoms with Crippen molar-refractivity contribution in [3.05, 3.63) is 78.9 Å². The molecule has 0 aromatic heterocycles. The number of nitrogens with zero attached hydrogens (tertiary/aromatic N) is 1. The second kappa shape index (κ2) is 10.2. The number of hydrogen-bond donors (Lipinski definition) is 1. The number of para-hydroxylation sites is 1. The topological polar surface area (TPSA) is 75.7 Å². The molecule has 3 aromatic rings. The van der Waals surface area contributed by atoms with E-state index in [1.165, 1.54) is 16.4 Å². The Kier molecular flexibility index (Phi) is 7.44. The minimum absolute atomic E-state index is 0.143. The van der Waals surface area contributed by atoms with Crippen LogP contribution in [0.5, 0.6) is 5.75 Å². The summed E-state index contributed by atoms with van der Waals surface area (Å²) in [5, 5.41) is 2.71. The summed E-state index contributed by atoms with van der Waals surface area (Å²) in [7, 11) is -3.60. The molecule has 31 heavy (non-hydrogen) atoms. The smallest absolute Gasteiger partial charge is 0.262 e. The molecule has 7 heteroatoms. The summed E-state index contributed by atoms with van der Waals surface area (Å²) in [6.45, 7) is 4.14. The molecule has 0 spiro atoms. The third-order valence-electron chi connectivity index (χ3n) is 4.79. The van der Waals surface area contributed by atoms with E-state index in [1.54, 1.807) is 26.0 Å². The van der Waals surface area contributed by atoms with Crippen LogP contribution in [0.2, 0.25) is 0 Å². The van der Waals surface area contributed by atoms with Gasteiger partial charge in [-0.1, -0.05) is 68.4 Å². The first-order valence-corrected chi connectivity index (χ1v) is 11.6. The van der Waals surface area contributed by atoms with Crippen molar-refractivity contribution in [2.45, 2.75) is 18.7 Å². The number of amides is 1. The molecule has 162 valence electrons. The maximum atomic E-state index is 12.7. The molecule has 1 N–H and O–H groups in total. The van der Waals surface area contributed by atoms with Crippen LogP contribution < -0.4 is 10.1 Å². The molecular weight excluding hydrogens is 412 g/mol. The Morgan fingerprint density at radius 2 is 1.58 bits per heavy atom. The summed E-state index contributed by atoms with van der Waals surface area (Å²) >= 11 is 0. The van der Waals surface area contributed by atoms with Gasteiger partial charge in [-0.2, -0.15) is 4.31 Å². The number of rotatable bonds is 9. The normalized spacial score (nSPS) is 11.3. The molecule has 6 nitrogen and oxygen atoms in total. The van der Waals surface area contributed by atoms with E-state index in [0.29, 0.717) is 24.5 Å². The Balaban J connectivity index is 1.69. The average molecular weight is 439 g/mol. The van der Waals surface area contributed by atoms with E-state index in [2.05, 4.69) is 5.32 Å². The molecule has 0 radical (unpaired) electrons. The highest BCUT2D eigenvalue weighted by molar-refractivity contribution is 7.89. The standard InChI is InChI=1S/C24H26N2O4S/c1-3-26(4-2)31(28,29)21-14-10-13-20(17-21)25-24(27)18-30-23-16-9-8-15-22(23)19-11-6-5-7-12-19/h5-17H,3-4,18H2,1-2H3,(H,25,27). The van der Waals surface area contributed by atoms with Gasteiger partial charge in [0.15, 0.2) is 6.61 Å². The molecule has 0 atom stereocenters. The minimum Gasteiger partial charge on any atom is -0.483 e. The van der Waals surface area contributed by atoms with Crippen LogP contribution in [-0.2, 0) is 14.8 Å². The summed E-state index contributed by atoms with van der Waals surface area (Å²) in [6.07, 6.45) is 0. The van der Waals surface area contributed by atoms with Crippen molar-refractivity contribution >= 4 is 21.6 Å². The molecule has 3 aromatic carbocycles. The van der Waals surface area contributed by atoms with Gasteiger partial charge in [-0.15, -0.1) is 0 Å². The Morgan fingerprint density at radius 1 is 0.903 bits per heavy atom. The molecule has 0 unspecified atom stereocenters. The fourth-order valence-corrected chi connectivity index (χ4v) is 4.74. The van der Waals surface area contributed by atoms with Crippen molar-refractivity contribution in [1.82, 2.24) is 4.31 Å². The van der Waals surface area contributed by atoms with E-state index >= 15 is 0 Å². The minimum atomic E-state index is -3.60. The number of benzene rings is 3. The fourth-order valence-electron chi connectivity index (χ4n) is 3.24. The second-order valence-corrected chi connectivity index (χ2v) is 8.75. The highest BCUT2D eigenvalue weighted by Gasteiger charge is 2.21. The van der Waals surface area contributed by atoms with Crippen molar-refractivity contribution in [3.8, 4) is 16.9 Å². The number of sulfonamides is 1. The summed E-state index contributed by atoms with van der Waals surface area (Å²) in [5.41, 5.74) is 2.29. The predicted octanol–water partition coefficient (Wildman–Crippen LogP) is 4.40. The van der Waals surface area contributed by atoms with E-state index in [-0.39, 0.29) is 17.4 Å². The Labute approximate surface area is 183 Å².